The Morgan fingerprint density at radius 3 is 2.49 bits per heavy atom. The van der Waals surface area contributed by atoms with Gasteiger partial charge in [0.15, 0.2) is 0 Å². The molecule has 0 radical (unpaired) electrons. The van der Waals surface area contributed by atoms with E-state index in [1.807, 2.05) is 54.6 Å². The molecule has 2 saturated heterocycles. The Morgan fingerprint density at radius 2 is 1.70 bits per heavy atom. The number of carbonyl (C=O) groups is 5. The molecule has 0 unspecified atom stereocenters. The Balaban J connectivity index is 1.47. The fourth-order valence-corrected chi connectivity index (χ4v) is 6.57. The molecule has 5 N–H and O–H groups in total. The van der Waals surface area contributed by atoms with Gasteiger partial charge in [0.1, 0.15) is 23.7 Å². The molecule has 1 spiro atoms. The van der Waals surface area contributed by atoms with E-state index in [1.165, 1.54) is 0 Å². The van der Waals surface area contributed by atoms with Crippen LogP contribution in [-0.2, 0) is 42.4 Å². The summed E-state index contributed by atoms with van der Waals surface area (Å²) in [5.41, 5.74) is 2.70. The molecule has 11 heteroatoms. The van der Waals surface area contributed by atoms with Crippen LogP contribution in [0.1, 0.15) is 68.1 Å². The lowest BCUT2D eigenvalue weighted by Crippen LogP contribution is -2.64. The first-order valence-electron chi connectivity index (χ1n) is 15.1. The quantitative estimate of drug-likeness (QED) is 0.179. The molecule has 0 aromatic heterocycles. The van der Waals surface area contributed by atoms with Crippen molar-refractivity contribution < 1.29 is 29.2 Å². The molecule has 43 heavy (non-hydrogen) atoms. The number of unbranched alkanes of at least 4 members (excludes halogenated alkanes) is 2. The molecule has 4 atom stereocenters. The maximum atomic E-state index is 14.3. The van der Waals surface area contributed by atoms with E-state index < -0.39 is 47.3 Å². The summed E-state index contributed by atoms with van der Waals surface area (Å²) in [7, 11) is 0. The van der Waals surface area contributed by atoms with Crippen LogP contribution >= 0.6 is 0 Å². The second-order valence-electron chi connectivity index (χ2n) is 11.7. The Bertz CT molecular complexity index is 1370. The van der Waals surface area contributed by atoms with Crippen LogP contribution in [0.2, 0.25) is 0 Å². The summed E-state index contributed by atoms with van der Waals surface area (Å²) in [5.74, 6) is -2.11. The number of fused-ring (bicyclic) bond motifs is 3. The molecule has 3 aliphatic rings. The number of nitrogens with one attached hydrogen (secondary N) is 4. The smallest absolute Gasteiger partial charge is 0.251 e. The van der Waals surface area contributed by atoms with Crippen molar-refractivity contribution in [2.75, 3.05) is 6.54 Å². The number of hydrogen-bond donors (Lipinski definition) is 5. The third-order valence-corrected chi connectivity index (χ3v) is 8.85. The molecule has 5 rings (SSSR count). The number of aryl methyl sites for hydroxylation is 1. The summed E-state index contributed by atoms with van der Waals surface area (Å²) < 4.78 is 0. The van der Waals surface area contributed by atoms with Crippen LogP contribution in [0, 0.1) is 0 Å². The van der Waals surface area contributed by atoms with Crippen LogP contribution < -0.4 is 21.4 Å². The van der Waals surface area contributed by atoms with Gasteiger partial charge in [-0.25, -0.2) is 5.48 Å². The van der Waals surface area contributed by atoms with Crippen molar-refractivity contribution in [3.8, 4) is 0 Å². The van der Waals surface area contributed by atoms with Crippen molar-refractivity contribution in [1.29, 1.82) is 0 Å². The number of benzene rings is 2. The average molecular weight is 590 g/mol. The maximum Gasteiger partial charge on any atom is 0.251 e. The number of hydroxylamine groups is 1. The highest BCUT2D eigenvalue weighted by Gasteiger charge is 2.49. The van der Waals surface area contributed by atoms with Crippen molar-refractivity contribution in [3.63, 3.8) is 0 Å². The van der Waals surface area contributed by atoms with Crippen molar-refractivity contribution in [3.05, 3.63) is 71.3 Å². The Hall–Kier alpha value is -4.25. The van der Waals surface area contributed by atoms with E-state index in [1.54, 1.807) is 10.4 Å². The summed E-state index contributed by atoms with van der Waals surface area (Å²) in [6, 6.07) is 14.3. The van der Waals surface area contributed by atoms with Crippen LogP contribution in [0.3, 0.4) is 0 Å². The van der Waals surface area contributed by atoms with Crippen molar-refractivity contribution >= 4 is 29.5 Å². The monoisotopic (exact) mass is 589 g/mol. The molecule has 2 aliphatic heterocycles. The lowest BCUT2D eigenvalue weighted by Gasteiger charge is -2.36. The lowest BCUT2D eigenvalue weighted by atomic mass is 9.88. The minimum Gasteiger partial charge on any atom is -0.343 e. The SMILES string of the molecule is O=C(CCCCC[C@@H]1NC(=O)[C@H]2CCCN2C(=O)[C@H](Cc2ccccc2)NC(=O)[C@@]2(CCc3ccccc32)NC1=O)NO. The normalized spacial score (nSPS) is 25.6. The highest BCUT2D eigenvalue weighted by Crippen LogP contribution is 2.38. The fraction of sp³-hybridized carbons (Fsp3) is 0.469. The summed E-state index contributed by atoms with van der Waals surface area (Å²) in [5, 5.41) is 17.7. The van der Waals surface area contributed by atoms with Crippen LogP contribution in [0.25, 0.3) is 0 Å². The van der Waals surface area contributed by atoms with Gasteiger partial charge >= 0.3 is 0 Å². The first-order chi connectivity index (χ1) is 20.8. The van der Waals surface area contributed by atoms with E-state index in [9.17, 15) is 24.0 Å². The van der Waals surface area contributed by atoms with E-state index in [0.29, 0.717) is 57.1 Å². The summed E-state index contributed by atoms with van der Waals surface area (Å²) >= 11 is 0. The molecular weight excluding hydrogens is 550 g/mol. The number of rotatable bonds is 8. The first kappa shape index (κ1) is 30.2. The zero-order valence-corrected chi connectivity index (χ0v) is 24.1. The van der Waals surface area contributed by atoms with Gasteiger partial charge in [0.2, 0.25) is 23.6 Å². The standard InChI is InChI=1S/C32H39N5O6/c38-27(36-43)16-6-2-5-14-24-28(39)35-32(18-17-22-12-7-8-13-23(22)32)31(42)34-25(20-21-10-3-1-4-11-21)30(41)37-19-9-15-26(37)29(40)33-24/h1,3-4,7-8,10-13,24-26,43H,2,5-6,9,14-20H2,(H,33,40)(H,34,42)(H,35,39)(H,36,38)/t24-,25-,26+,32-/m0/s1. The molecule has 0 bridgehead atoms. The van der Waals surface area contributed by atoms with E-state index in [0.717, 1.165) is 11.1 Å². The molecule has 1 aliphatic carbocycles. The third-order valence-electron chi connectivity index (χ3n) is 8.85. The fourth-order valence-electron chi connectivity index (χ4n) is 6.57. The Morgan fingerprint density at radius 1 is 0.930 bits per heavy atom. The van der Waals surface area contributed by atoms with Crippen molar-refractivity contribution in [2.45, 2.75) is 87.9 Å². The average Bonchev–Trinajstić information content (AvgIpc) is 3.66. The van der Waals surface area contributed by atoms with Crippen LogP contribution in [0.5, 0.6) is 0 Å². The molecule has 5 amide bonds. The summed E-state index contributed by atoms with van der Waals surface area (Å²) in [6.45, 7) is 0.385. The van der Waals surface area contributed by atoms with Gasteiger partial charge < -0.3 is 20.9 Å². The van der Waals surface area contributed by atoms with Gasteiger partial charge in [-0.1, -0.05) is 67.4 Å². The van der Waals surface area contributed by atoms with E-state index >= 15 is 0 Å². The Labute approximate surface area is 250 Å². The first-order valence-corrected chi connectivity index (χ1v) is 15.1. The predicted octanol–water partition coefficient (Wildman–Crippen LogP) is 1.62. The lowest BCUT2D eigenvalue weighted by molar-refractivity contribution is -0.145. The highest BCUT2D eigenvalue weighted by molar-refractivity contribution is 6.00. The van der Waals surface area contributed by atoms with Crippen LogP contribution in [-0.4, -0.2) is 64.3 Å². The van der Waals surface area contributed by atoms with Gasteiger partial charge in [0.05, 0.1) is 0 Å². The minimum atomic E-state index is -1.41. The second kappa shape index (κ2) is 13.4. The van der Waals surface area contributed by atoms with Gasteiger partial charge in [0.25, 0.3) is 5.91 Å². The molecule has 2 fully saturated rings. The van der Waals surface area contributed by atoms with Gasteiger partial charge in [-0.05, 0) is 55.2 Å². The topological polar surface area (TPSA) is 157 Å². The number of amides is 5. The van der Waals surface area contributed by atoms with Crippen LogP contribution in [0.15, 0.2) is 54.6 Å². The molecule has 228 valence electrons. The molecular formula is C32H39N5O6. The summed E-state index contributed by atoms with van der Waals surface area (Å²) in [6.07, 6.45) is 4.29. The van der Waals surface area contributed by atoms with E-state index in [-0.39, 0.29) is 25.2 Å². The van der Waals surface area contributed by atoms with Gasteiger partial charge in [-0.2, -0.15) is 0 Å². The van der Waals surface area contributed by atoms with Gasteiger partial charge in [-0.3, -0.25) is 29.2 Å². The van der Waals surface area contributed by atoms with E-state index in [2.05, 4.69) is 16.0 Å². The van der Waals surface area contributed by atoms with Gasteiger partial charge in [-0.15, -0.1) is 0 Å². The highest BCUT2D eigenvalue weighted by atomic mass is 16.5. The Kier molecular flexibility index (Phi) is 9.40. The van der Waals surface area contributed by atoms with Crippen LogP contribution in [0.4, 0.5) is 0 Å². The number of carbonyl (C=O) groups excluding carboxylic acids is 5. The number of nitrogens with zero attached hydrogens (tertiary/aromatic N) is 1. The zero-order valence-electron chi connectivity index (χ0n) is 24.1. The number of hydrogen-bond acceptors (Lipinski definition) is 6. The molecule has 2 aromatic rings. The molecule has 2 heterocycles. The molecule has 11 nitrogen and oxygen atoms in total. The second-order valence-corrected chi connectivity index (χ2v) is 11.7. The summed E-state index contributed by atoms with van der Waals surface area (Å²) in [4.78, 5) is 68.9. The third kappa shape index (κ3) is 6.56. The molecule has 2 aromatic carbocycles. The van der Waals surface area contributed by atoms with Gasteiger partial charge in [0, 0.05) is 19.4 Å². The largest absolute Gasteiger partial charge is 0.343 e. The minimum absolute atomic E-state index is 0.142. The molecule has 0 saturated carbocycles. The van der Waals surface area contributed by atoms with Crippen molar-refractivity contribution in [1.82, 2.24) is 26.3 Å². The predicted molar refractivity (Wildman–Crippen MR) is 156 cm³/mol. The maximum absolute atomic E-state index is 14.3. The zero-order chi connectivity index (χ0) is 30.4. The van der Waals surface area contributed by atoms with E-state index in [4.69, 9.17) is 5.21 Å². The van der Waals surface area contributed by atoms with Crippen molar-refractivity contribution in [2.24, 2.45) is 0 Å².